The zero-order valence-corrected chi connectivity index (χ0v) is 12.8. The van der Waals surface area contributed by atoms with Crippen LogP contribution in [0.5, 0.6) is 5.75 Å². The molecule has 1 aliphatic carbocycles. The lowest BCUT2D eigenvalue weighted by Crippen LogP contribution is -2.34. The molecule has 21 heavy (non-hydrogen) atoms. The van der Waals surface area contributed by atoms with Gasteiger partial charge in [-0.25, -0.2) is 0 Å². The monoisotopic (exact) mass is 290 g/mol. The fourth-order valence-electron chi connectivity index (χ4n) is 2.88. The van der Waals surface area contributed by atoms with E-state index in [1.807, 2.05) is 0 Å². The molecule has 0 unspecified atom stereocenters. The molecule has 3 rings (SSSR count). The van der Waals surface area contributed by atoms with Gasteiger partial charge in [0.15, 0.2) is 0 Å². The van der Waals surface area contributed by atoms with E-state index in [1.54, 1.807) is 0 Å². The summed E-state index contributed by atoms with van der Waals surface area (Å²) in [6, 6.07) is 8.85. The van der Waals surface area contributed by atoms with Crippen molar-refractivity contribution in [3.8, 4) is 5.75 Å². The van der Waals surface area contributed by atoms with E-state index in [2.05, 4.69) is 41.5 Å². The number of hydrogen-bond acceptors (Lipinski definition) is 4. The summed E-state index contributed by atoms with van der Waals surface area (Å²) in [5.41, 5.74) is 1.30. The minimum atomic E-state index is -0.175. The molecule has 2 aliphatic rings. The van der Waals surface area contributed by atoms with Crippen LogP contribution in [0, 0.1) is 5.92 Å². The van der Waals surface area contributed by atoms with Crippen molar-refractivity contribution < 1.29 is 9.84 Å². The molecule has 1 aromatic carbocycles. The SMILES string of the molecule is CN(Cc1ccc(OCC2CC2)cc1)C[C@@H]1C[C@@H](O)CN1. The Labute approximate surface area is 127 Å². The van der Waals surface area contributed by atoms with E-state index in [-0.39, 0.29) is 6.10 Å². The number of nitrogens with zero attached hydrogens (tertiary/aromatic N) is 1. The Morgan fingerprint density at radius 3 is 2.67 bits per heavy atom. The normalized spacial score (nSPS) is 25.5. The molecule has 0 aromatic heterocycles. The van der Waals surface area contributed by atoms with Gasteiger partial charge in [0.05, 0.1) is 12.7 Å². The molecule has 1 aromatic rings. The second-order valence-electron chi connectivity index (χ2n) is 6.59. The van der Waals surface area contributed by atoms with Crippen molar-refractivity contribution in [3.05, 3.63) is 29.8 Å². The minimum absolute atomic E-state index is 0.175. The first kappa shape index (κ1) is 14.8. The largest absolute Gasteiger partial charge is 0.493 e. The number of nitrogens with one attached hydrogen (secondary N) is 1. The molecule has 1 saturated heterocycles. The lowest BCUT2D eigenvalue weighted by molar-refractivity contribution is 0.189. The summed E-state index contributed by atoms with van der Waals surface area (Å²) in [6.45, 7) is 3.49. The Morgan fingerprint density at radius 2 is 2.05 bits per heavy atom. The lowest BCUT2D eigenvalue weighted by Gasteiger charge is -2.21. The third kappa shape index (κ3) is 4.70. The van der Waals surface area contributed by atoms with Crippen LogP contribution in [0.25, 0.3) is 0 Å². The molecule has 2 N–H and O–H groups in total. The molecular weight excluding hydrogens is 264 g/mol. The minimum Gasteiger partial charge on any atom is -0.493 e. The third-order valence-electron chi connectivity index (χ3n) is 4.29. The number of ether oxygens (including phenoxy) is 1. The molecule has 0 spiro atoms. The Balaban J connectivity index is 1.43. The van der Waals surface area contributed by atoms with Gasteiger partial charge < -0.3 is 20.1 Å². The van der Waals surface area contributed by atoms with E-state index in [0.29, 0.717) is 6.04 Å². The Kier molecular flexibility index (Phi) is 4.78. The fourth-order valence-corrected chi connectivity index (χ4v) is 2.88. The average molecular weight is 290 g/mol. The molecule has 116 valence electrons. The first-order valence-corrected chi connectivity index (χ1v) is 8.01. The van der Waals surface area contributed by atoms with E-state index >= 15 is 0 Å². The van der Waals surface area contributed by atoms with Gasteiger partial charge >= 0.3 is 0 Å². The third-order valence-corrected chi connectivity index (χ3v) is 4.29. The van der Waals surface area contributed by atoms with Crippen LogP contribution in [0.4, 0.5) is 0 Å². The molecule has 1 heterocycles. The van der Waals surface area contributed by atoms with Crippen molar-refractivity contribution in [2.45, 2.75) is 38.0 Å². The topological polar surface area (TPSA) is 44.7 Å². The van der Waals surface area contributed by atoms with Gasteiger partial charge in [0.2, 0.25) is 0 Å². The van der Waals surface area contributed by atoms with E-state index < -0.39 is 0 Å². The highest BCUT2D eigenvalue weighted by Gasteiger charge is 2.23. The summed E-state index contributed by atoms with van der Waals surface area (Å²) < 4.78 is 5.76. The van der Waals surface area contributed by atoms with Gasteiger partial charge in [-0.3, -0.25) is 0 Å². The standard InChI is InChI=1S/C17H26N2O2/c1-19(11-15-8-16(20)9-18-15)10-13-4-6-17(7-5-13)21-12-14-2-3-14/h4-7,14-16,18,20H,2-3,8-12H2,1H3/t15-,16+/m0/s1. The van der Waals surface area contributed by atoms with Crippen molar-refractivity contribution in [2.75, 3.05) is 26.7 Å². The van der Waals surface area contributed by atoms with E-state index in [0.717, 1.165) is 44.3 Å². The van der Waals surface area contributed by atoms with Crippen LogP contribution in [0.2, 0.25) is 0 Å². The van der Waals surface area contributed by atoms with Crippen LogP contribution >= 0.6 is 0 Å². The number of aliphatic hydroxyl groups excluding tert-OH is 1. The molecular formula is C17H26N2O2. The van der Waals surface area contributed by atoms with Crippen molar-refractivity contribution in [2.24, 2.45) is 5.92 Å². The van der Waals surface area contributed by atoms with Gasteiger partial charge in [0.1, 0.15) is 5.75 Å². The highest BCUT2D eigenvalue weighted by Crippen LogP contribution is 2.29. The summed E-state index contributed by atoms with van der Waals surface area (Å²) in [6.07, 6.45) is 3.34. The van der Waals surface area contributed by atoms with Gasteiger partial charge in [0, 0.05) is 25.7 Å². The number of likely N-dealkylation sites (N-methyl/N-ethyl adjacent to an activating group) is 1. The maximum Gasteiger partial charge on any atom is 0.119 e. The van der Waals surface area contributed by atoms with Gasteiger partial charge in [0.25, 0.3) is 0 Å². The number of rotatable bonds is 7. The maximum atomic E-state index is 9.53. The van der Waals surface area contributed by atoms with Crippen LogP contribution in [0.3, 0.4) is 0 Å². The van der Waals surface area contributed by atoms with E-state index in [1.165, 1.54) is 18.4 Å². The Bertz CT molecular complexity index is 445. The lowest BCUT2D eigenvalue weighted by atomic mass is 10.1. The van der Waals surface area contributed by atoms with Crippen molar-refractivity contribution in [1.29, 1.82) is 0 Å². The second kappa shape index (κ2) is 6.77. The van der Waals surface area contributed by atoms with Crippen LogP contribution in [-0.2, 0) is 6.54 Å². The zero-order valence-electron chi connectivity index (χ0n) is 12.8. The summed E-state index contributed by atoms with van der Waals surface area (Å²) >= 11 is 0. The molecule has 0 bridgehead atoms. The fraction of sp³-hybridized carbons (Fsp3) is 0.647. The highest BCUT2D eigenvalue weighted by atomic mass is 16.5. The molecule has 2 atom stereocenters. The van der Waals surface area contributed by atoms with Gasteiger partial charge in [-0.15, -0.1) is 0 Å². The summed E-state index contributed by atoms with van der Waals surface area (Å²) in [5.74, 6) is 1.78. The number of benzene rings is 1. The first-order valence-electron chi connectivity index (χ1n) is 8.01. The van der Waals surface area contributed by atoms with Crippen molar-refractivity contribution in [3.63, 3.8) is 0 Å². The molecule has 1 aliphatic heterocycles. The zero-order chi connectivity index (χ0) is 14.7. The summed E-state index contributed by atoms with van der Waals surface area (Å²) in [7, 11) is 2.13. The van der Waals surface area contributed by atoms with Crippen LogP contribution < -0.4 is 10.1 Å². The van der Waals surface area contributed by atoms with Gasteiger partial charge in [-0.1, -0.05) is 12.1 Å². The number of hydrogen-bond donors (Lipinski definition) is 2. The van der Waals surface area contributed by atoms with Crippen LogP contribution in [0.15, 0.2) is 24.3 Å². The molecule has 1 saturated carbocycles. The molecule has 0 amide bonds. The highest BCUT2D eigenvalue weighted by molar-refractivity contribution is 5.27. The van der Waals surface area contributed by atoms with Crippen molar-refractivity contribution in [1.82, 2.24) is 10.2 Å². The quantitative estimate of drug-likeness (QED) is 0.801. The molecule has 2 fully saturated rings. The van der Waals surface area contributed by atoms with Gasteiger partial charge in [-0.05, 0) is 49.9 Å². The first-order chi connectivity index (χ1) is 10.2. The summed E-state index contributed by atoms with van der Waals surface area (Å²) in [5, 5.41) is 12.9. The Morgan fingerprint density at radius 1 is 1.29 bits per heavy atom. The average Bonchev–Trinajstić information content (AvgIpc) is 3.21. The predicted molar refractivity (Wildman–Crippen MR) is 83.4 cm³/mol. The number of aliphatic hydroxyl groups is 1. The van der Waals surface area contributed by atoms with E-state index in [9.17, 15) is 5.11 Å². The van der Waals surface area contributed by atoms with Gasteiger partial charge in [-0.2, -0.15) is 0 Å². The number of β-amino-alcohol motifs (C(OH)–C–C–N with tert-alkyl or cyclic N) is 1. The van der Waals surface area contributed by atoms with Crippen LogP contribution in [-0.4, -0.2) is 48.9 Å². The predicted octanol–water partition coefficient (Wildman–Crippen LogP) is 1.63. The smallest absolute Gasteiger partial charge is 0.119 e. The molecule has 4 heteroatoms. The molecule has 4 nitrogen and oxygen atoms in total. The summed E-state index contributed by atoms with van der Waals surface area (Å²) in [4.78, 5) is 2.30. The van der Waals surface area contributed by atoms with E-state index in [4.69, 9.17) is 4.74 Å². The second-order valence-corrected chi connectivity index (χ2v) is 6.59. The molecule has 0 radical (unpaired) electrons. The van der Waals surface area contributed by atoms with Crippen LogP contribution in [0.1, 0.15) is 24.8 Å². The Hall–Kier alpha value is -1.10. The van der Waals surface area contributed by atoms with Crippen molar-refractivity contribution >= 4 is 0 Å². The maximum absolute atomic E-state index is 9.53.